The van der Waals surface area contributed by atoms with Crippen molar-refractivity contribution in [2.45, 2.75) is 32.9 Å². The van der Waals surface area contributed by atoms with Crippen molar-refractivity contribution in [3.05, 3.63) is 71.4 Å². The standard InChI is InChI=1S/C23H23F2N3O3S/c1-3-31-13-16-6-4-5-7-19(16)20-12-26-23(32-20)28-22(30)14(2)27-21(29)10-15-8-17(24)11-18(25)9-15/h4-9,11-12,14H,3,10,13H2,1-2H3,(H,27,29)(H,26,28,30)/t14-/m0/s1. The van der Waals surface area contributed by atoms with Crippen LogP contribution in [0, 0.1) is 11.6 Å². The number of hydrogen-bond acceptors (Lipinski definition) is 5. The first-order valence-electron chi connectivity index (χ1n) is 10.0. The number of thiazole rings is 1. The highest BCUT2D eigenvalue weighted by Crippen LogP contribution is 2.31. The van der Waals surface area contributed by atoms with Gasteiger partial charge in [0.05, 0.1) is 17.9 Å². The summed E-state index contributed by atoms with van der Waals surface area (Å²) in [6, 6.07) is 9.82. The molecule has 0 saturated carbocycles. The van der Waals surface area contributed by atoms with Crippen LogP contribution >= 0.6 is 11.3 Å². The van der Waals surface area contributed by atoms with Crippen molar-refractivity contribution >= 4 is 28.3 Å². The van der Waals surface area contributed by atoms with E-state index < -0.39 is 29.5 Å². The predicted octanol–water partition coefficient (Wildman–Crippen LogP) is 4.31. The molecule has 0 fully saturated rings. The Morgan fingerprint density at radius 2 is 1.88 bits per heavy atom. The van der Waals surface area contributed by atoms with Crippen LogP contribution in [0.15, 0.2) is 48.7 Å². The van der Waals surface area contributed by atoms with Gasteiger partial charge in [-0.05, 0) is 42.7 Å². The summed E-state index contributed by atoms with van der Waals surface area (Å²) in [4.78, 5) is 29.7. The monoisotopic (exact) mass is 459 g/mol. The molecule has 1 heterocycles. The summed E-state index contributed by atoms with van der Waals surface area (Å²) in [5.74, 6) is -2.50. The fourth-order valence-electron chi connectivity index (χ4n) is 3.03. The average molecular weight is 460 g/mol. The van der Waals surface area contributed by atoms with Crippen molar-refractivity contribution in [1.82, 2.24) is 10.3 Å². The molecule has 0 unspecified atom stereocenters. The molecule has 1 atom stereocenters. The van der Waals surface area contributed by atoms with Crippen molar-refractivity contribution in [1.29, 1.82) is 0 Å². The minimum absolute atomic E-state index is 0.183. The SMILES string of the molecule is CCOCc1ccccc1-c1cnc(NC(=O)[C@H](C)NC(=O)Cc2cc(F)cc(F)c2)s1. The van der Waals surface area contributed by atoms with Crippen LogP contribution in [-0.4, -0.2) is 29.4 Å². The number of rotatable bonds is 9. The van der Waals surface area contributed by atoms with E-state index in [-0.39, 0.29) is 12.0 Å². The maximum Gasteiger partial charge on any atom is 0.248 e. The second-order valence-electron chi connectivity index (χ2n) is 7.06. The summed E-state index contributed by atoms with van der Waals surface area (Å²) in [6.07, 6.45) is 1.43. The summed E-state index contributed by atoms with van der Waals surface area (Å²) >= 11 is 1.31. The number of nitrogens with zero attached hydrogens (tertiary/aromatic N) is 1. The van der Waals surface area contributed by atoms with Crippen molar-refractivity contribution in [2.24, 2.45) is 0 Å². The van der Waals surface area contributed by atoms with Crippen molar-refractivity contribution in [3.8, 4) is 10.4 Å². The molecule has 168 valence electrons. The molecular weight excluding hydrogens is 436 g/mol. The summed E-state index contributed by atoms with van der Waals surface area (Å²) in [5, 5.41) is 5.60. The average Bonchev–Trinajstić information content (AvgIpc) is 3.19. The molecule has 3 rings (SSSR count). The van der Waals surface area contributed by atoms with E-state index >= 15 is 0 Å². The minimum Gasteiger partial charge on any atom is -0.377 e. The van der Waals surface area contributed by atoms with Gasteiger partial charge in [0.15, 0.2) is 5.13 Å². The summed E-state index contributed by atoms with van der Waals surface area (Å²) < 4.78 is 32.1. The Bertz CT molecular complexity index is 1080. The van der Waals surface area contributed by atoms with Gasteiger partial charge in [-0.1, -0.05) is 35.6 Å². The van der Waals surface area contributed by atoms with E-state index in [1.54, 1.807) is 6.20 Å². The number of nitrogens with one attached hydrogen (secondary N) is 2. The van der Waals surface area contributed by atoms with Crippen LogP contribution in [0.2, 0.25) is 0 Å². The topological polar surface area (TPSA) is 80.3 Å². The van der Waals surface area contributed by atoms with E-state index in [1.807, 2.05) is 31.2 Å². The van der Waals surface area contributed by atoms with Gasteiger partial charge in [0.1, 0.15) is 17.7 Å². The zero-order valence-electron chi connectivity index (χ0n) is 17.7. The molecule has 3 aromatic rings. The highest BCUT2D eigenvalue weighted by atomic mass is 32.1. The Hall–Kier alpha value is -3.17. The van der Waals surface area contributed by atoms with Crippen LogP contribution in [0.4, 0.5) is 13.9 Å². The zero-order valence-corrected chi connectivity index (χ0v) is 18.5. The smallest absolute Gasteiger partial charge is 0.248 e. The molecule has 32 heavy (non-hydrogen) atoms. The molecule has 9 heteroatoms. The van der Waals surface area contributed by atoms with E-state index in [0.29, 0.717) is 18.3 Å². The van der Waals surface area contributed by atoms with E-state index in [1.165, 1.54) is 18.3 Å². The molecule has 0 bridgehead atoms. The summed E-state index contributed by atoms with van der Waals surface area (Å²) in [6.45, 7) is 4.53. The van der Waals surface area contributed by atoms with Gasteiger partial charge in [0.25, 0.3) is 0 Å². The van der Waals surface area contributed by atoms with Gasteiger partial charge in [-0.2, -0.15) is 0 Å². The molecular formula is C23H23F2N3O3S. The highest BCUT2D eigenvalue weighted by Gasteiger charge is 2.18. The van der Waals surface area contributed by atoms with E-state index in [2.05, 4.69) is 15.6 Å². The van der Waals surface area contributed by atoms with Gasteiger partial charge < -0.3 is 15.4 Å². The lowest BCUT2D eigenvalue weighted by Crippen LogP contribution is -2.42. The Morgan fingerprint density at radius 3 is 2.59 bits per heavy atom. The molecule has 2 amide bonds. The predicted molar refractivity (Wildman–Crippen MR) is 119 cm³/mol. The molecule has 1 aromatic heterocycles. The Kier molecular flexibility index (Phi) is 8.02. The highest BCUT2D eigenvalue weighted by molar-refractivity contribution is 7.19. The molecule has 0 aliphatic heterocycles. The Morgan fingerprint density at radius 1 is 1.16 bits per heavy atom. The Balaban J connectivity index is 1.59. The second-order valence-corrected chi connectivity index (χ2v) is 8.09. The number of carbonyl (C=O) groups excluding carboxylic acids is 2. The van der Waals surface area contributed by atoms with Gasteiger partial charge in [-0.25, -0.2) is 13.8 Å². The maximum absolute atomic E-state index is 13.3. The van der Waals surface area contributed by atoms with Crippen LogP contribution < -0.4 is 10.6 Å². The molecule has 0 radical (unpaired) electrons. The maximum atomic E-state index is 13.3. The van der Waals surface area contributed by atoms with E-state index in [0.717, 1.165) is 34.2 Å². The van der Waals surface area contributed by atoms with Crippen LogP contribution in [0.5, 0.6) is 0 Å². The van der Waals surface area contributed by atoms with Gasteiger partial charge in [0, 0.05) is 18.9 Å². The summed E-state index contributed by atoms with van der Waals surface area (Å²) in [5.41, 5.74) is 2.18. The molecule has 0 saturated heterocycles. The normalized spacial score (nSPS) is 11.8. The lowest BCUT2D eigenvalue weighted by atomic mass is 10.1. The number of halogens is 2. The van der Waals surface area contributed by atoms with Crippen LogP contribution in [-0.2, 0) is 27.4 Å². The Labute approximate surface area is 188 Å². The number of ether oxygens (including phenoxy) is 1. The number of amides is 2. The van der Waals surface area contributed by atoms with Crippen LogP contribution in [0.3, 0.4) is 0 Å². The van der Waals surface area contributed by atoms with Gasteiger partial charge in [-0.3, -0.25) is 9.59 Å². The first-order chi connectivity index (χ1) is 15.4. The molecule has 2 N–H and O–H groups in total. The molecule has 0 aliphatic rings. The van der Waals surface area contributed by atoms with Crippen molar-refractivity contribution in [2.75, 3.05) is 11.9 Å². The number of hydrogen-bond donors (Lipinski definition) is 2. The third-order valence-corrected chi connectivity index (χ3v) is 5.48. The second kappa shape index (κ2) is 10.9. The minimum atomic E-state index is -0.863. The fraction of sp³-hybridized carbons (Fsp3) is 0.261. The van der Waals surface area contributed by atoms with Gasteiger partial charge >= 0.3 is 0 Å². The third kappa shape index (κ3) is 6.41. The van der Waals surface area contributed by atoms with Crippen molar-refractivity contribution < 1.29 is 23.1 Å². The molecule has 6 nitrogen and oxygen atoms in total. The van der Waals surface area contributed by atoms with E-state index in [4.69, 9.17) is 4.74 Å². The first kappa shape index (κ1) is 23.5. The lowest BCUT2D eigenvalue weighted by Gasteiger charge is -2.13. The molecule has 2 aromatic carbocycles. The zero-order chi connectivity index (χ0) is 23.1. The largest absolute Gasteiger partial charge is 0.377 e. The van der Waals surface area contributed by atoms with Crippen LogP contribution in [0.1, 0.15) is 25.0 Å². The van der Waals surface area contributed by atoms with Gasteiger partial charge in [-0.15, -0.1) is 0 Å². The number of carbonyl (C=O) groups is 2. The summed E-state index contributed by atoms with van der Waals surface area (Å²) in [7, 11) is 0. The fourth-order valence-corrected chi connectivity index (χ4v) is 3.90. The lowest BCUT2D eigenvalue weighted by molar-refractivity contribution is -0.125. The van der Waals surface area contributed by atoms with Crippen LogP contribution in [0.25, 0.3) is 10.4 Å². The molecule has 0 spiro atoms. The number of benzene rings is 2. The van der Waals surface area contributed by atoms with Gasteiger partial charge in [0.2, 0.25) is 11.8 Å². The van der Waals surface area contributed by atoms with Crippen molar-refractivity contribution in [3.63, 3.8) is 0 Å². The number of anilines is 1. The quantitative estimate of drug-likeness (QED) is 0.500. The number of aromatic nitrogens is 1. The third-order valence-electron chi connectivity index (χ3n) is 4.54. The first-order valence-corrected chi connectivity index (χ1v) is 10.8. The van der Waals surface area contributed by atoms with E-state index in [9.17, 15) is 18.4 Å². The molecule has 0 aliphatic carbocycles.